The lowest BCUT2D eigenvalue weighted by Crippen LogP contribution is -2.53. The van der Waals surface area contributed by atoms with Crippen LogP contribution in [0.15, 0.2) is 64.7 Å². The molecule has 3 aromatic heterocycles. The topological polar surface area (TPSA) is 162 Å². The van der Waals surface area contributed by atoms with Crippen molar-refractivity contribution in [1.82, 2.24) is 29.4 Å². The zero-order valence-electron chi connectivity index (χ0n) is 25.9. The molecule has 1 amide bonds. The summed E-state index contributed by atoms with van der Waals surface area (Å²) in [4.78, 5) is 65.6. The number of alkyl halides is 3. The van der Waals surface area contributed by atoms with Gasteiger partial charge in [0.2, 0.25) is 0 Å². The molecule has 5 aromatic rings. The molecule has 2 atom stereocenters. The molecule has 2 N–H and O–H groups in total. The average molecular weight is 682 g/mol. The first kappa shape index (κ1) is 33.2. The van der Waals surface area contributed by atoms with Gasteiger partial charge in [-0.25, -0.2) is 28.5 Å². The molecule has 0 radical (unpaired) electrons. The predicted octanol–water partition coefficient (Wildman–Crippen LogP) is 2.67. The second-order valence-electron chi connectivity index (χ2n) is 11.4. The number of halogens is 4. The van der Waals surface area contributed by atoms with Crippen molar-refractivity contribution < 1.29 is 37.0 Å². The van der Waals surface area contributed by atoms with Crippen LogP contribution in [0.2, 0.25) is 0 Å². The number of pyridine rings is 1. The Bertz CT molecular complexity index is 2230. The predicted molar refractivity (Wildman–Crippen MR) is 167 cm³/mol. The van der Waals surface area contributed by atoms with Gasteiger partial charge in [-0.2, -0.15) is 13.2 Å². The molecular weight excluding hydrogens is 654 g/mol. The summed E-state index contributed by atoms with van der Waals surface area (Å²) in [5, 5.41) is 12.8. The van der Waals surface area contributed by atoms with Gasteiger partial charge in [-0.3, -0.25) is 19.1 Å². The van der Waals surface area contributed by atoms with E-state index in [0.717, 1.165) is 15.5 Å². The van der Waals surface area contributed by atoms with Crippen molar-refractivity contribution in [2.24, 2.45) is 7.05 Å². The third-order valence-corrected chi connectivity index (χ3v) is 8.36. The number of nitrogens with one attached hydrogen (secondary N) is 1. The molecule has 0 aliphatic carbocycles. The first-order chi connectivity index (χ1) is 23.3. The van der Waals surface area contributed by atoms with Crippen LogP contribution in [0.5, 0.6) is 0 Å². The standard InChI is InChI=1S/C32H27F4N7O6/c1-16-10-18(42-8-9-49-14-24(42)32(34,35)36)12-21(33)25(16)28(44)40-22(30(46)47)11-17-5-6-23(26-19(17)4-3-7-38-26)43-29(45)20-13-37-15-39-27(20)41(2)31(43)48/h3-7,10,12-13,15,22,24H,8-9,11,14H2,1-2H3,(H,40,44)(H,46,47)/t22?,24-/m1/s1. The van der Waals surface area contributed by atoms with Crippen LogP contribution in [-0.4, -0.2) is 79.1 Å². The number of rotatable bonds is 7. The second kappa shape index (κ2) is 12.7. The largest absolute Gasteiger partial charge is 0.480 e. The molecule has 1 aliphatic rings. The molecule has 17 heteroatoms. The number of aliphatic carboxylic acids is 1. The second-order valence-corrected chi connectivity index (χ2v) is 11.4. The van der Waals surface area contributed by atoms with E-state index in [1.165, 1.54) is 55.5 Å². The highest BCUT2D eigenvalue weighted by Gasteiger charge is 2.45. The maximum Gasteiger partial charge on any atom is 0.411 e. The summed E-state index contributed by atoms with van der Waals surface area (Å²) in [5.74, 6) is -3.67. The fraction of sp³-hybridized carbons (Fsp3) is 0.281. The first-order valence-corrected chi connectivity index (χ1v) is 14.8. The number of amides is 1. The SMILES string of the molecule is Cc1cc(N2CCOC[C@@H]2C(F)(F)F)cc(F)c1C(=O)NC(Cc1ccc(-n2c(=O)c3cncnc3n(C)c2=O)c2ncccc12)C(=O)O. The number of carbonyl (C=O) groups is 2. The molecule has 0 saturated carbocycles. The van der Waals surface area contributed by atoms with E-state index >= 15 is 4.39 Å². The maximum atomic E-state index is 15.4. The first-order valence-electron chi connectivity index (χ1n) is 14.8. The van der Waals surface area contributed by atoms with Crippen molar-refractivity contribution in [2.75, 3.05) is 24.7 Å². The van der Waals surface area contributed by atoms with Crippen LogP contribution in [-0.2, 0) is 23.0 Å². The molecule has 0 spiro atoms. The third kappa shape index (κ3) is 6.08. The van der Waals surface area contributed by atoms with Gasteiger partial charge < -0.3 is 20.1 Å². The van der Waals surface area contributed by atoms with Crippen molar-refractivity contribution in [2.45, 2.75) is 31.6 Å². The van der Waals surface area contributed by atoms with E-state index in [4.69, 9.17) is 4.74 Å². The summed E-state index contributed by atoms with van der Waals surface area (Å²) in [5.41, 5.74) is -1.24. The van der Waals surface area contributed by atoms with Gasteiger partial charge in [0.15, 0.2) is 5.65 Å². The Kier molecular flexibility index (Phi) is 8.62. The van der Waals surface area contributed by atoms with Crippen LogP contribution >= 0.6 is 0 Å². The summed E-state index contributed by atoms with van der Waals surface area (Å²) >= 11 is 0. The number of benzene rings is 2. The Morgan fingerprint density at radius 2 is 1.92 bits per heavy atom. The van der Waals surface area contributed by atoms with Gasteiger partial charge in [-0.15, -0.1) is 0 Å². The quantitative estimate of drug-likeness (QED) is 0.245. The number of carbonyl (C=O) groups excluding carboxylic acids is 1. The van der Waals surface area contributed by atoms with Crippen LogP contribution in [0.25, 0.3) is 27.6 Å². The Morgan fingerprint density at radius 3 is 2.63 bits per heavy atom. The molecule has 13 nitrogen and oxygen atoms in total. The Balaban J connectivity index is 1.32. The monoisotopic (exact) mass is 681 g/mol. The van der Waals surface area contributed by atoms with E-state index in [1.54, 1.807) is 12.1 Å². The van der Waals surface area contributed by atoms with Crippen LogP contribution in [0.1, 0.15) is 21.5 Å². The molecule has 4 heterocycles. The fourth-order valence-electron chi connectivity index (χ4n) is 5.99. The van der Waals surface area contributed by atoms with Gasteiger partial charge in [0, 0.05) is 43.5 Å². The molecule has 254 valence electrons. The van der Waals surface area contributed by atoms with Crippen molar-refractivity contribution in [3.8, 4) is 5.69 Å². The van der Waals surface area contributed by atoms with E-state index in [1.807, 2.05) is 0 Å². The molecule has 1 saturated heterocycles. The smallest absolute Gasteiger partial charge is 0.411 e. The third-order valence-electron chi connectivity index (χ3n) is 8.36. The fourth-order valence-corrected chi connectivity index (χ4v) is 5.99. The van der Waals surface area contributed by atoms with Crippen LogP contribution in [0.4, 0.5) is 23.2 Å². The summed E-state index contributed by atoms with van der Waals surface area (Å²) in [6.45, 7) is 0.535. The maximum absolute atomic E-state index is 15.4. The zero-order valence-corrected chi connectivity index (χ0v) is 25.9. The van der Waals surface area contributed by atoms with Gasteiger partial charge in [-0.1, -0.05) is 12.1 Å². The van der Waals surface area contributed by atoms with Gasteiger partial charge >= 0.3 is 17.8 Å². The number of carboxylic acid groups (broad SMARTS) is 1. The summed E-state index contributed by atoms with van der Waals surface area (Å²) in [7, 11) is 1.44. The molecule has 49 heavy (non-hydrogen) atoms. The number of nitrogens with zero attached hydrogens (tertiary/aromatic N) is 6. The van der Waals surface area contributed by atoms with Crippen molar-refractivity contribution >= 4 is 39.5 Å². The minimum atomic E-state index is -4.65. The van der Waals surface area contributed by atoms with E-state index in [9.17, 15) is 37.5 Å². The van der Waals surface area contributed by atoms with E-state index in [2.05, 4.69) is 20.3 Å². The zero-order chi connectivity index (χ0) is 35.2. The minimum Gasteiger partial charge on any atom is -0.480 e. The molecule has 1 unspecified atom stereocenters. The van der Waals surface area contributed by atoms with E-state index in [-0.39, 0.29) is 53.1 Å². The van der Waals surface area contributed by atoms with Crippen LogP contribution < -0.4 is 21.5 Å². The van der Waals surface area contributed by atoms with Gasteiger partial charge in [0.25, 0.3) is 11.5 Å². The average Bonchev–Trinajstić information content (AvgIpc) is 3.07. The van der Waals surface area contributed by atoms with Crippen molar-refractivity contribution in [1.29, 1.82) is 0 Å². The normalized spacial score (nSPS) is 15.8. The van der Waals surface area contributed by atoms with Gasteiger partial charge in [0.05, 0.1) is 30.0 Å². The van der Waals surface area contributed by atoms with Gasteiger partial charge in [-0.05, 0) is 42.3 Å². The summed E-state index contributed by atoms with van der Waals surface area (Å²) in [6, 6.07) is 4.52. The lowest BCUT2D eigenvalue weighted by Gasteiger charge is -2.38. The van der Waals surface area contributed by atoms with Crippen molar-refractivity contribution in [3.63, 3.8) is 0 Å². The van der Waals surface area contributed by atoms with Crippen LogP contribution in [0, 0.1) is 12.7 Å². The molecule has 6 rings (SSSR count). The number of ether oxygens (including phenoxy) is 1. The summed E-state index contributed by atoms with van der Waals surface area (Å²) in [6.07, 6.45) is -1.05. The van der Waals surface area contributed by atoms with Gasteiger partial charge in [0.1, 0.15) is 29.6 Å². The van der Waals surface area contributed by atoms with Crippen LogP contribution in [0.3, 0.4) is 0 Å². The Labute approximate surface area is 273 Å². The minimum absolute atomic E-state index is 0.00383. The lowest BCUT2D eigenvalue weighted by atomic mass is 9.99. The number of carboxylic acids is 1. The number of aromatic nitrogens is 5. The lowest BCUT2D eigenvalue weighted by molar-refractivity contribution is -0.167. The van der Waals surface area contributed by atoms with E-state index in [0.29, 0.717) is 10.9 Å². The summed E-state index contributed by atoms with van der Waals surface area (Å²) < 4.78 is 63.3. The molecular formula is C32H27F4N7O6. The molecule has 2 aromatic carbocycles. The highest BCUT2D eigenvalue weighted by Crippen LogP contribution is 2.33. The highest BCUT2D eigenvalue weighted by molar-refractivity contribution is 5.99. The molecule has 1 fully saturated rings. The number of hydrogen-bond acceptors (Lipinski definition) is 9. The molecule has 0 bridgehead atoms. The number of aryl methyl sites for hydroxylation is 2. The van der Waals surface area contributed by atoms with E-state index < -0.39 is 59.4 Å². The molecule has 1 aliphatic heterocycles. The Hall–Kier alpha value is -5.71. The highest BCUT2D eigenvalue weighted by atomic mass is 19.4. The number of morpholine rings is 1. The number of hydrogen-bond donors (Lipinski definition) is 2. The number of anilines is 1. The van der Waals surface area contributed by atoms with Crippen molar-refractivity contribution in [3.05, 3.63) is 98.5 Å². The number of fused-ring (bicyclic) bond motifs is 2. The Morgan fingerprint density at radius 1 is 1.14 bits per heavy atom.